The van der Waals surface area contributed by atoms with Crippen LogP contribution >= 0.6 is 0 Å². The van der Waals surface area contributed by atoms with Gasteiger partial charge in [-0.25, -0.2) is 0 Å². The third kappa shape index (κ3) is 2.76. The van der Waals surface area contributed by atoms with Gasteiger partial charge >= 0.3 is 0 Å². The van der Waals surface area contributed by atoms with Crippen LogP contribution in [0.3, 0.4) is 0 Å². The van der Waals surface area contributed by atoms with E-state index in [2.05, 4.69) is 0 Å². The Bertz CT molecular complexity index is 307. The topological polar surface area (TPSA) is 35.5 Å². The third-order valence-electron chi connectivity index (χ3n) is 1.81. The summed E-state index contributed by atoms with van der Waals surface area (Å²) in [6, 6.07) is 5.69. The zero-order valence-electron chi connectivity index (χ0n) is 8.45. The van der Waals surface area contributed by atoms with Crippen molar-refractivity contribution in [3.63, 3.8) is 0 Å². The van der Waals surface area contributed by atoms with Gasteiger partial charge in [0, 0.05) is 6.42 Å². The van der Waals surface area contributed by atoms with Crippen LogP contribution in [0.1, 0.15) is 12.0 Å². The first-order valence-corrected chi connectivity index (χ1v) is 4.49. The smallest absolute Gasteiger partial charge is 0.161 e. The molecular weight excluding hydrogens is 180 g/mol. The molecule has 0 unspecified atom stereocenters. The average Bonchev–Trinajstić information content (AvgIpc) is 2.20. The summed E-state index contributed by atoms with van der Waals surface area (Å²) in [5.41, 5.74) is 1.12. The quantitative estimate of drug-likeness (QED) is 0.531. The van der Waals surface area contributed by atoms with E-state index in [4.69, 9.17) is 9.47 Å². The average molecular weight is 194 g/mol. The summed E-state index contributed by atoms with van der Waals surface area (Å²) < 4.78 is 10.5. The summed E-state index contributed by atoms with van der Waals surface area (Å²) in [6.45, 7) is 2.38. The summed E-state index contributed by atoms with van der Waals surface area (Å²) >= 11 is 0. The maximum Gasteiger partial charge on any atom is 0.161 e. The Balaban J connectivity index is 2.69. The van der Waals surface area contributed by atoms with Crippen LogP contribution in [0, 0.1) is 6.92 Å². The molecule has 0 N–H and O–H groups in total. The summed E-state index contributed by atoms with van der Waals surface area (Å²) in [4.78, 5) is 10.1. The number of hydrogen-bond donors (Lipinski definition) is 0. The molecule has 0 aliphatic rings. The molecule has 14 heavy (non-hydrogen) atoms. The first-order valence-electron chi connectivity index (χ1n) is 4.49. The van der Waals surface area contributed by atoms with Crippen molar-refractivity contribution in [2.45, 2.75) is 13.3 Å². The molecule has 0 radical (unpaired) electrons. The van der Waals surface area contributed by atoms with E-state index >= 15 is 0 Å². The predicted octanol–water partition coefficient (Wildman–Crippen LogP) is 1.97. The van der Waals surface area contributed by atoms with E-state index in [-0.39, 0.29) is 0 Å². The van der Waals surface area contributed by atoms with Crippen LogP contribution in [0.15, 0.2) is 18.2 Å². The van der Waals surface area contributed by atoms with Gasteiger partial charge < -0.3 is 14.3 Å². The maximum atomic E-state index is 10.1. The molecule has 3 nitrogen and oxygen atoms in total. The molecule has 0 bridgehead atoms. The number of benzene rings is 1. The molecule has 0 amide bonds. The van der Waals surface area contributed by atoms with Gasteiger partial charge in [0.05, 0.1) is 13.7 Å². The van der Waals surface area contributed by atoms with E-state index in [0.717, 1.165) is 11.8 Å². The van der Waals surface area contributed by atoms with Crippen molar-refractivity contribution in [3.8, 4) is 11.5 Å². The molecule has 0 atom stereocenters. The second-order valence-electron chi connectivity index (χ2n) is 2.96. The van der Waals surface area contributed by atoms with Crippen molar-refractivity contribution < 1.29 is 14.3 Å². The number of rotatable bonds is 5. The summed E-state index contributed by atoms with van der Waals surface area (Å²) in [5, 5.41) is 0. The SMILES string of the molecule is COc1cc(C)ccc1OCCC=O. The van der Waals surface area contributed by atoms with Crippen LogP contribution in [0.25, 0.3) is 0 Å². The van der Waals surface area contributed by atoms with Crippen molar-refractivity contribution in [1.82, 2.24) is 0 Å². The number of aldehydes is 1. The Morgan fingerprint density at radius 1 is 1.36 bits per heavy atom. The van der Waals surface area contributed by atoms with Crippen molar-refractivity contribution >= 4 is 6.29 Å². The molecule has 0 saturated carbocycles. The number of aryl methyl sites for hydroxylation is 1. The molecule has 0 spiro atoms. The zero-order chi connectivity index (χ0) is 10.4. The number of ether oxygens (including phenoxy) is 2. The molecule has 0 aliphatic heterocycles. The fourth-order valence-electron chi connectivity index (χ4n) is 1.11. The molecule has 0 aliphatic carbocycles. The highest BCUT2D eigenvalue weighted by Gasteiger charge is 2.03. The minimum Gasteiger partial charge on any atom is -0.493 e. The molecule has 0 aromatic heterocycles. The van der Waals surface area contributed by atoms with Crippen molar-refractivity contribution in [2.24, 2.45) is 0 Å². The van der Waals surface area contributed by atoms with Crippen LogP contribution in [-0.2, 0) is 4.79 Å². The van der Waals surface area contributed by atoms with Crippen LogP contribution < -0.4 is 9.47 Å². The minimum atomic E-state index is 0.392. The molecular formula is C11H14O3. The zero-order valence-corrected chi connectivity index (χ0v) is 8.45. The van der Waals surface area contributed by atoms with E-state index in [9.17, 15) is 4.79 Å². The fraction of sp³-hybridized carbons (Fsp3) is 0.364. The van der Waals surface area contributed by atoms with Gasteiger partial charge in [-0.3, -0.25) is 0 Å². The minimum absolute atomic E-state index is 0.392. The van der Waals surface area contributed by atoms with Crippen molar-refractivity contribution in [3.05, 3.63) is 23.8 Å². The Morgan fingerprint density at radius 3 is 2.79 bits per heavy atom. The van der Waals surface area contributed by atoms with Gasteiger partial charge in [0.25, 0.3) is 0 Å². The predicted molar refractivity (Wildman–Crippen MR) is 53.9 cm³/mol. The van der Waals surface area contributed by atoms with Crippen LogP contribution in [0.5, 0.6) is 11.5 Å². The molecule has 1 aromatic carbocycles. The molecule has 1 aromatic rings. The fourth-order valence-corrected chi connectivity index (χ4v) is 1.11. The number of carbonyl (C=O) groups excluding carboxylic acids is 1. The maximum absolute atomic E-state index is 10.1. The Labute approximate surface area is 83.6 Å². The normalized spacial score (nSPS) is 9.57. The Morgan fingerprint density at radius 2 is 2.14 bits per heavy atom. The van der Waals surface area contributed by atoms with E-state index in [0.29, 0.717) is 24.5 Å². The summed E-state index contributed by atoms with van der Waals surface area (Å²) in [6.07, 6.45) is 1.23. The van der Waals surface area contributed by atoms with E-state index < -0.39 is 0 Å². The van der Waals surface area contributed by atoms with Crippen LogP contribution in [-0.4, -0.2) is 20.0 Å². The van der Waals surface area contributed by atoms with E-state index in [1.165, 1.54) is 0 Å². The van der Waals surface area contributed by atoms with Crippen LogP contribution in [0.4, 0.5) is 0 Å². The first kappa shape index (κ1) is 10.6. The van der Waals surface area contributed by atoms with Gasteiger partial charge in [-0.2, -0.15) is 0 Å². The van der Waals surface area contributed by atoms with Gasteiger partial charge in [0.1, 0.15) is 6.29 Å². The van der Waals surface area contributed by atoms with E-state index in [1.54, 1.807) is 7.11 Å². The lowest BCUT2D eigenvalue weighted by atomic mass is 10.2. The largest absolute Gasteiger partial charge is 0.493 e. The second-order valence-corrected chi connectivity index (χ2v) is 2.96. The lowest BCUT2D eigenvalue weighted by Crippen LogP contribution is -1.99. The summed E-state index contributed by atoms with van der Waals surface area (Å²) in [5.74, 6) is 1.39. The number of methoxy groups -OCH3 is 1. The second kappa shape index (κ2) is 5.27. The number of carbonyl (C=O) groups is 1. The highest BCUT2D eigenvalue weighted by molar-refractivity contribution is 5.49. The lowest BCUT2D eigenvalue weighted by molar-refractivity contribution is -0.108. The first-order chi connectivity index (χ1) is 6.77. The van der Waals surface area contributed by atoms with Gasteiger partial charge in [-0.15, -0.1) is 0 Å². The molecule has 0 fully saturated rings. The molecule has 3 heteroatoms. The Kier molecular flexibility index (Phi) is 3.98. The Hall–Kier alpha value is -1.51. The monoisotopic (exact) mass is 194 g/mol. The lowest BCUT2D eigenvalue weighted by Gasteiger charge is -2.09. The third-order valence-corrected chi connectivity index (χ3v) is 1.81. The van der Waals surface area contributed by atoms with Crippen molar-refractivity contribution in [2.75, 3.05) is 13.7 Å². The van der Waals surface area contributed by atoms with Gasteiger partial charge in [0.15, 0.2) is 11.5 Å². The van der Waals surface area contributed by atoms with Crippen molar-refractivity contribution in [1.29, 1.82) is 0 Å². The molecule has 76 valence electrons. The molecule has 1 rings (SSSR count). The molecule has 0 saturated heterocycles. The van der Waals surface area contributed by atoms with Gasteiger partial charge in [-0.05, 0) is 24.6 Å². The number of hydrogen-bond acceptors (Lipinski definition) is 3. The highest BCUT2D eigenvalue weighted by atomic mass is 16.5. The molecule has 0 heterocycles. The highest BCUT2D eigenvalue weighted by Crippen LogP contribution is 2.27. The summed E-state index contributed by atoms with van der Waals surface area (Å²) in [7, 11) is 1.60. The van der Waals surface area contributed by atoms with Gasteiger partial charge in [-0.1, -0.05) is 6.07 Å². The standard InChI is InChI=1S/C11H14O3/c1-9-4-5-10(11(8-9)13-2)14-7-3-6-12/h4-6,8H,3,7H2,1-2H3. The van der Waals surface area contributed by atoms with E-state index in [1.807, 2.05) is 25.1 Å². The van der Waals surface area contributed by atoms with Gasteiger partial charge in [0.2, 0.25) is 0 Å². The van der Waals surface area contributed by atoms with Crippen LogP contribution in [0.2, 0.25) is 0 Å².